The Hall–Kier alpha value is -2.11. The third-order valence-corrected chi connectivity index (χ3v) is 8.47. The summed E-state index contributed by atoms with van der Waals surface area (Å²) in [5.74, 6) is -0.737. The van der Waals surface area contributed by atoms with Crippen molar-refractivity contribution < 1.29 is 23.1 Å². The fourth-order valence-electron chi connectivity index (χ4n) is 4.06. The number of benzene rings is 2. The maximum absolute atomic E-state index is 13.7. The molecule has 0 fully saturated rings. The lowest BCUT2D eigenvalue weighted by Gasteiger charge is -2.36. The Morgan fingerprint density at radius 3 is 2.59 bits per heavy atom. The van der Waals surface area contributed by atoms with E-state index < -0.39 is 34.2 Å². The summed E-state index contributed by atoms with van der Waals surface area (Å²) in [6.07, 6.45) is 4.96. The molecule has 0 aromatic heterocycles. The van der Waals surface area contributed by atoms with Crippen LogP contribution in [0.15, 0.2) is 52.3 Å². The predicted octanol–water partition coefficient (Wildman–Crippen LogP) is 3.40. The molecule has 0 bridgehead atoms. The van der Waals surface area contributed by atoms with Crippen molar-refractivity contribution in [3.63, 3.8) is 0 Å². The fraction of sp³-hybridized carbons (Fsp3) is 0.458. The van der Waals surface area contributed by atoms with Gasteiger partial charge in [0.1, 0.15) is 16.7 Å². The van der Waals surface area contributed by atoms with Gasteiger partial charge in [0.05, 0.1) is 22.7 Å². The highest BCUT2D eigenvalue weighted by molar-refractivity contribution is 7.98. The largest absolute Gasteiger partial charge is 0.424 e. The summed E-state index contributed by atoms with van der Waals surface area (Å²) >= 11 is 1.33. The lowest BCUT2D eigenvalue weighted by Crippen LogP contribution is -2.52. The van der Waals surface area contributed by atoms with Crippen molar-refractivity contribution in [2.75, 3.05) is 24.3 Å². The lowest BCUT2D eigenvalue weighted by atomic mass is 9.89. The normalized spacial score (nSPS) is 20.3. The number of carbonyl (C=O) groups excluding carboxylic acids is 1. The summed E-state index contributed by atoms with van der Waals surface area (Å²) in [7, 11) is -3.95. The van der Waals surface area contributed by atoms with Crippen LogP contribution in [-0.4, -0.2) is 50.5 Å². The standard InChI is InChI=1S/C24H33N3O5S2/c1-4-6-12-24(5-2)16-27(17-10-8-7-9-11-17)19-13-21(33-3)20(32-23(29)18(25)15-28)14-22(19)34(30,31)26-24/h7-11,13-14,18,26,28H,4-6,12,15-16,25H2,1-3H3/t18-,24?/m0/s1. The number of sulfonamides is 1. The van der Waals surface area contributed by atoms with Gasteiger partial charge in [-0.05, 0) is 37.3 Å². The summed E-state index contributed by atoms with van der Waals surface area (Å²) in [5, 5.41) is 9.19. The molecule has 1 aliphatic rings. The minimum Gasteiger partial charge on any atom is -0.424 e. The topological polar surface area (TPSA) is 122 Å². The highest BCUT2D eigenvalue weighted by Gasteiger charge is 2.41. The molecule has 2 aromatic rings. The van der Waals surface area contributed by atoms with Gasteiger partial charge < -0.3 is 20.5 Å². The number of hydrogen-bond donors (Lipinski definition) is 3. The van der Waals surface area contributed by atoms with Gasteiger partial charge in [0.25, 0.3) is 0 Å². The molecule has 1 aliphatic heterocycles. The van der Waals surface area contributed by atoms with Crippen molar-refractivity contribution in [3.8, 4) is 5.75 Å². The van der Waals surface area contributed by atoms with E-state index in [0.717, 1.165) is 18.5 Å². The van der Waals surface area contributed by atoms with E-state index in [4.69, 9.17) is 10.5 Å². The SMILES string of the molecule is CCCCC1(CC)CN(c2ccccc2)c2cc(SC)c(OC(=O)[C@@H](N)CO)cc2S(=O)(=O)N1. The molecular formula is C24H33N3O5S2. The van der Waals surface area contributed by atoms with E-state index in [0.29, 0.717) is 30.0 Å². The van der Waals surface area contributed by atoms with Crippen LogP contribution in [0.1, 0.15) is 39.5 Å². The number of anilines is 2. The number of aliphatic hydroxyl groups is 1. The molecule has 3 rings (SSSR count). The molecule has 186 valence electrons. The number of rotatable bonds is 9. The zero-order valence-corrected chi connectivity index (χ0v) is 21.4. The number of carbonyl (C=O) groups is 1. The zero-order chi connectivity index (χ0) is 24.9. The first-order valence-corrected chi connectivity index (χ1v) is 14.1. The van der Waals surface area contributed by atoms with Crippen molar-refractivity contribution in [2.45, 2.75) is 60.9 Å². The molecule has 0 radical (unpaired) electrons. The Morgan fingerprint density at radius 1 is 1.29 bits per heavy atom. The van der Waals surface area contributed by atoms with Crippen LogP contribution < -0.4 is 20.1 Å². The second-order valence-electron chi connectivity index (χ2n) is 8.45. The molecule has 2 aromatic carbocycles. The minimum atomic E-state index is -3.95. The van der Waals surface area contributed by atoms with Gasteiger partial charge in [-0.25, -0.2) is 17.9 Å². The number of thioether (sulfide) groups is 1. The number of nitrogens with one attached hydrogen (secondary N) is 1. The number of ether oxygens (including phenoxy) is 1. The number of esters is 1. The van der Waals surface area contributed by atoms with E-state index in [1.54, 1.807) is 6.07 Å². The Morgan fingerprint density at radius 2 is 2.00 bits per heavy atom. The molecule has 0 saturated heterocycles. The van der Waals surface area contributed by atoms with Gasteiger partial charge in [-0.15, -0.1) is 11.8 Å². The minimum absolute atomic E-state index is 0.0290. The van der Waals surface area contributed by atoms with E-state index in [2.05, 4.69) is 11.6 Å². The van der Waals surface area contributed by atoms with E-state index >= 15 is 0 Å². The van der Waals surface area contributed by atoms with Crippen molar-refractivity contribution in [1.82, 2.24) is 4.72 Å². The van der Waals surface area contributed by atoms with Crippen LogP contribution in [0.2, 0.25) is 0 Å². The second kappa shape index (κ2) is 11.1. The van der Waals surface area contributed by atoms with Gasteiger partial charge >= 0.3 is 5.97 Å². The van der Waals surface area contributed by atoms with Gasteiger partial charge in [-0.2, -0.15) is 0 Å². The van der Waals surface area contributed by atoms with Gasteiger partial charge in [-0.3, -0.25) is 0 Å². The van der Waals surface area contributed by atoms with Crippen LogP contribution >= 0.6 is 11.8 Å². The molecular weight excluding hydrogens is 474 g/mol. The van der Waals surface area contributed by atoms with Crippen LogP contribution in [0, 0.1) is 0 Å². The molecule has 8 nitrogen and oxygen atoms in total. The van der Waals surface area contributed by atoms with Crippen molar-refractivity contribution in [3.05, 3.63) is 42.5 Å². The first-order chi connectivity index (χ1) is 16.2. The molecule has 2 atom stereocenters. The zero-order valence-electron chi connectivity index (χ0n) is 19.8. The third-order valence-electron chi connectivity index (χ3n) is 6.10. The summed E-state index contributed by atoms with van der Waals surface area (Å²) in [6.45, 7) is 3.97. The van der Waals surface area contributed by atoms with Crippen LogP contribution in [0.25, 0.3) is 0 Å². The quantitative estimate of drug-likeness (QED) is 0.268. The van der Waals surface area contributed by atoms with E-state index in [1.165, 1.54) is 17.8 Å². The highest BCUT2D eigenvalue weighted by Crippen LogP contribution is 2.43. The van der Waals surface area contributed by atoms with Gasteiger partial charge in [-0.1, -0.05) is 44.9 Å². The molecule has 1 unspecified atom stereocenters. The van der Waals surface area contributed by atoms with Gasteiger partial charge in [0, 0.05) is 18.3 Å². The average molecular weight is 508 g/mol. The average Bonchev–Trinajstić information content (AvgIpc) is 2.94. The Bertz CT molecular complexity index is 1110. The first-order valence-electron chi connectivity index (χ1n) is 11.4. The van der Waals surface area contributed by atoms with Crippen LogP contribution in [0.3, 0.4) is 0 Å². The molecule has 0 amide bonds. The summed E-state index contributed by atoms with van der Waals surface area (Å²) in [4.78, 5) is 14.9. The number of unbranched alkanes of at least 4 members (excludes halogenated alkanes) is 1. The Balaban J connectivity index is 2.23. The third kappa shape index (κ3) is 5.58. The highest BCUT2D eigenvalue weighted by atomic mass is 32.2. The van der Waals surface area contributed by atoms with Crippen molar-refractivity contribution >= 4 is 39.1 Å². The number of nitrogens with zero attached hydrogens (tertiary/aromatic N) is 1. The van der Waals surface area contributed by atoms with E-state index in [9.17, 15) is 18.3 Å². The smallest absolute Gasteiger partial charge is 0.330 e. The molecule has 10 heteroatoms. The van der Waals surface area contributed by atoms with E-state index in [-0.39, 0.29) is 10.6 Å². The molecule has 0 spiro atoms. The number of aliphatic hydroxyl groups excluding tert-OH is 1. The van der Waals surface area contributed by atoms with Crippen LogP contribution in [-0.2, 0) is 14.8 Å². The predicted molar refractivity (Wildman–Crippen MR) is 135 cm³/mol. The van der Waals surface area contributed by atoms with Crippen molar-refractivity contribution in [1.29, 1.82) is 0 Å². The van der Waals surface area contributed by atoms with E-state index in [1.807, 2.05) is 48.4 Å². The van der Waals surface area contributed by atoms with Crippen LogP contribution in [0.4, 0.5) is 11.4 Å². The molecule has 34 heavy (non-hydrogen) atoms. The first kappa shape index (κ1) is 26.5. The van der Waals surface area contributed by atoms with Crippen LogP contribution in [0.5, 0.6) is 5.75 Å². The lowest BCUT2D eigenvalue weighted by molar-refractivity contribution is -0.136. The second-order valence-corrected chi connectivity index (χ2v) is 10.9. The molecule has 4 N–H and O–H groups in total. The van der Waals surface area contributed by atoms with Gasteiger partial charge in [0.2, 0.25) is 10.0 Å². The number of hydrogen-bond acceptors (Lipinski definition) is 8. The number of para-hydroxylation sites is 1. The number of fused-ring (bicyclic) bond motifs is 1. The Kier molecular flexibility index (Phi) is 8.64. The Labute approximate surface area is 205 Å². The fourth-order valence-corrected chi connectivity index (χ4v) is 6.29. The molecule has 0 aliphatic carbocycles. The summed E-state index contributed by atoms with van der Waals surface area (Å²) in [6, 6.07) is 11.6. The monoisotopic (exact) mass is 507 g/mol. The maximum Gasteiger partial charge on any atom is 0.330 e. The molecule has 1 heterocycles. The molecule has 0 saturated carbocycles. The summed E-state index contributed by atoms with van der Waals surface area (Å²) in [5.41, 5.74) is 6.32. The maximum atomic E-state index is 13.7. The van der Waals surface area contributed by atoms with Gasteiger partial charge in [0.15, 0.2) is 0 Å². The summed E-state index contributed by atoms with van der Waals surface area (Å²) < 4.78 is 35.8. The number of nitrogens with two attached hydrogens (primary N) is 1. The van der Waals surface area contributed by atoms with Crippen molar-refractivity contribution in [2.24, 2.45) is 5.73 Å².